The second-order valence-corrected chi connectivity index (χ2v) is 11.4. The molecule has 2 aromatic carbocycles. The Kier molecular flexibility index (Phi) is 30.1. The Hall–Kier alpha value is -3.41. The zero-order chi connectivity index (χ0) is 41.9. The number of hydrogen-bond donors (Lipinski definition) is 0. The predicted molar refractivity (Wildman–Crippen MR) is 193 cm³/mol. The van der Waals surface area contributed by atoms with Crippen molar-refractivity contribution in [2.45, 2.75) is 6.42 Å². The summed E-state index contributed by atoms with van der Waals surface area (Å²) in [7, 11) is 0. The lowest BCUT2D eigenvalue weighted by atomic mass is 10.2. The van der Waals surface area contributed by atoms with Crippen LogP contribution in [0.3, 0.4) is 0 Å². The predicted octanol–water partition coefficient (Wildman–Crippen LogP) is 3.75. The van der Waals surface area contributed by atoms with Gasteiger partial charge >= 0.3 is 5.97 Å². The average Bonchev–Trinajstić information content (AvgIpc) is 3.23. The van der Waals surface area contributed by atoms with Gasteiger partial charge in [0, 0.05) is 5.56 Å². The molecule has 15 nitrogen and oxygen atoms in total. The molecule has 0 radical (unpaired) electrons. The highest BCUT2D eigenvalue weighted by Gasteiger charge is 2.28. The molecule has 2 aromatic rings. The summed E-state index contributed by atoms with van der Waals surface area (Å²) in [6.45, 7) is 8.27. The monoisotopic (exact) mass is 844 g/mol. The maximum atomic E-state index is 13.6. The number of esters is 1. The molecule has 0 aromatic heterocycles. The molecule has 0 bridgehead atoms. The summed E-state index contributed by atoms with van der Waals surface area (Å²) >= 11 is 0. The minimum absolute atomic E-state index is 0.0744. The quantitative estimate of drug-likeness (QED) is 0.0183. The molecule has 330 valence electrons. The van der Waals surface area contributed by atoms with Crippen LogP contribution in [0.1, 0.15) is 16.8 Å². The van der Waals surface area contributed by atoms with Crippen LogP contribution in [-0.2, 0) is 56.9 Å². The average molecular weight is 845 g/mol. The van der Waals surface area contributed by atoms with Gasteiger partial charge in [0.15, 0.2) is 0 Å². The van der Waals surface area contributed by atoms with Gasteiger partial charge in [0.25, 0.3) is 0 Å². The Morgan fingerprint density at radius 2 is 0.672 bits per heavy atom. The SMILES string of the molecule is O=Cc1ccc(OCCOCCOCCOCCOCCOCCOCCOCCOCCOCCOCCOCCC(=O)Oc2c(F)c(F)c(F)c(F)c2F)cc1. The van der Waals surface area contributed by atoms with Crippen molar-refractivity contribution in [2.24, 2.45) is 0 Å². The van der Waals surface area contributed by atoms with Gasteiger partial charge in [-0.2, -0.15) is 8.78 Å². The van der Waals surface area contributed by atoms with E-state index in [1.54, 1.807) is 24.3 Å². The molecule has 0 saturated carbocycles. The van der Waals surface area contributed by atoms with Gasteiger partial charge < -0.3 is 61.6 Å². The van der Waals surface area contributed by atoms with Gasteiger partial charge in [-0.25, -0.2) is 13.2 Å². The highest BCUT2D eigenvalue weighted by atomic mass is 19.2. The first kappa shape index (κ1) is 50.7. The summed E-state index contributed by atoms with van der Waals surface area (Å²) in [4.78, 5) is 22.3. The Morgan fingerprint density at radius 1 is 0.397 bits per heavy atom. The van der Waals surface area contributed by atoms with Crippen molar-refractivity contribution in [3.8, 4) is 11.5 Å². The van der Waals surface area contributed by atoms with Crippen molar-refractivity contribution < 1.29 is 93.1 Å². The van der Waals surface area contributed by atoms with E-state index in [0.29, 0.717) is 137 Å². The van der Waals surface area contributed by atoms with Gasteiger partial charge in [0.1, 0.15) is 18.6 Å². The van der Waals surface area contributed by atoms with Crippen LogP contribution in [0.15, 0.2) is 24.3 Å². The number of hydrogen-bond acceptors (Lipinski definition) is 15. The Balaban J connectivity index is 1.19. The molecule has 0 atom stereocenters. The smallest absolute Gasteiger partial charge is 0.313 e. The molecule has 20 heteroatoms. The molecule has 0 saturated heterocycles. The first-order valence-corrected chi connectivity index (χ1v) is 18.6. The van der Waals surface area contributed by atoms with Gasteiger partial charge in [0.2, 0.25) is 34.8 Å². The van der Waals surface area contributed by atoms with Crippen LogP contribution in [0.4, 0.5) is 22.0 Å². The van der Waals surface area contributed by atoms with E-state index in [-0.39, 0.29) is 26.4 Å². The largest absolute Gasteiger partial charge is 0.491 e. The highest BCUT2D eigenvalue weighted by Crippen LogP contribution is 2.29. The number of aldehydes is 1. The van der Waals surface area contributed by atoms with Gasteiger partial charge in [-0.1, -0.05) is 0 Å². The molecule has 58 heavy (non-hydrogen) atoms. The van der Waals surface area contributed by atoms with Crippen LogP contribution >= 0.6 is 0 Å². The third-order valence-corrected chi connectivity index (χ3v) is 7.07. The maximum Gasteiger partial charge on any atom is 0.313 e. The minimum Gasteiger partial charge on any atom is -0.491 e. The van der Waals surface area contributed by atoms with Crippen molar-refractivity contribution in [2.75, 3.05) is 152 Å². The second kappa shape index (κ2) is 34.5. The van der Waals surface area contributed by atoms with Crippen molar-refractivity contribution >= 4 is 12.3 Å². The third kappa shape index (κ3) is 24.5. The minimum atomic E-state index is -2.35. The van der Waals surface area contributed by atoms with E-state index < -0.39 is 47.2 Å². The van der Waals surface area contributed by atoms with Crippen LogP contribution in [0, 0.1) is 29.1 Å². The Morgan fingerprint density at radius 3 is 0.983 bits per heavy atom. The summed E-state index contributed by atoms with van der Waals surface area (Å²) < 4.78 is 136. The molecular formula is C38H53F5O15. The topological polar surface area (TPSA) is 154 Å². The normalized spacial score (nSPS) is 11.3. The summed E-state index contributed by atoms with van der Waals surface area (Å²) in [6.07, 6.45) is 0.290. The fraction of sp³-hybridized carbons (Fsp3) is 0.632. The number of carbonyl (C=O) groups excluding carboxylic acids is 2. The third-order valence-electron chi connectivity index (χ3n) is 7.07. The van der Waals surface area contributed by atoms with Crippen molar-refractivity contribution in [1.82, 2.24) is 0 Å². The van der Waals surface area contributed by atoms with E-state index in [2.05, 4.69) is 4.74 Å². The van der Waals surface area contributed by atoms with Gasteiger partial charge in [-0.3, -0.25) is 9.59 Å². The van der Waals surface area contributed by atoms with Crippen LogP contribution < -0.4 is 9.47 Å². The number of carbonyl (C=O) groups is 2. The highest BCUT2D eigenvalue weighted by molar-refractivity contribution is 5.74. The van der Waals surface area contributed by atoms with Crippen LogP contribution in [0.25, 0.3) is 0 Å². The maximum absolute atomic E-state index is 13.6. The molecule has 2 rings (SSSR count). The number of ether oxygens (including phenoxy) is 13. The molecule has 0 amide bonds. The summed E-state index contributed by atoms with van der Waals surface area (Å²) in [5.74, 6) is -13.5. The van der Waals surface area contributed by atoms with Gasteiger partial charge in [-0.05, 0) is 24.3 Å². The first-order chi connectivity index (χ1) is 28.3. The zero-order valence-electron chi connectivity index (χ0n) is 32.4. The molecule has 0 heterocycles. The molecule has 0 aliphatic carbocycles. The molecule has 0 aliphatic rings. The lowest BCUT2D eigenvalue weighted by molar-refractivity contribution is -0.136. The molecule has 0 spiro atoms. The fourth-order valence-corrected chi connectivity index (χ4v) is 4.16. The summed E-state index contributed by atoms with van der Waals surface area (Å²) in [6, 6.07) is 6.86. The van der Waals surface area contributed by atoms with Crippen molar-refractivity contribution in [3.05, 3.63) is 58.9 Å². The lowest BCUT2D eigenvalue weighted by Gasteiger charge is -2.09. The molecular weight excluding hydrogens is 791 g/mol. The Labute approximate surface area is 334 Å². The van der Waals surface area contributed by atoms with Gasteiger partial charge in [0.05, 0.1) is 152 Å². The van der Waals surface area contributed by atoms with Gasteiger partial charge in [-0.15, -0.1) is 0 Å². The van der Waals surface area contributed by atoms with E-state index in [9.17, 15) is 31.5 Å². The standard InChI is InChI=1S/C38H53F5O15/c39-33-34(40)36(42)38(37(43)35(33)41)58-32(45)5-6-46-7-8-47-9-10-48-11-12-49-13-14-50-15-16-51-17-18-52-19-20-53-21-22-54-23-24-55-25-26-56-27-28-57-31-3-1-30(29-44)2-4-31/h1-4,29H,5-28H2. The number of benzene rings is 2. The zero-order valence-corrected chi connectivity index (χ0v) is 32.4. The van der Waals surface area contributed by atoms with E-state index in [0.717, 1.165) is 6.29 Å². The number of halogens is 5. The van der Waals surface area contributed by atoms with Crippen LogP contribution in [0.2, 0.25) is 0 Å². The first-order valence-electron chi connectivity index (χ1n) is 18.6. The second-order valence-electron chi connectivity index (χ2n) is 11.4. The molecule has 0 N–H and O–H groups in total. The van der Waals surface area contributed by atoms with E-state index in [1.807, 2.05) is 0 Å². The summed E-state index contributed by atoms with van der Waals surface area (Å²) in [5, 5.41) is 0. The van der Waals surface area contributed by atoms with Crippen molar-refractivity contribution in [3.63, 3.8) is 0 Å². The van der Waals surface area contributed by atoms with E-state index in [1.165, 1.54) is 0 Å². The molecule has 0 unspecified atom stereocenters. The lowest BCUT2D eigenvalue weighted by Crippen LogP contribution is -2.16. The molecule has 0 aliphatic heterocycles. The fourth-order valence-electron chi connectivity index (χ4n) is 4.16. The van der Waals surface area contributed by atoms with E-state index >= 15 is 0 Å². The van der Waals surface area contributed by atoms with Crippen molar-refractivity contribution in [1.29, 1.82) is 0 Å². The van der Waals surface area contributed by atoms with E-state index in [4.69, 9.17) is 56.8 Å². The summed E-state index contributed by atoms with van der Waals surface area (Å²) in [5.41, 5.74) is 0.600. The number of rotatable bonds is 39. The molecule has 0 fully saturated rings. The Bertz CT molecular complexity index is 1330. The van der Waals surface area contributed by atoms with Crippen LogP contribution in [0.5, 0.6) is 11.5 Å². The van der Waals surface area contributed by atoms with Crippen LogP contribution in [-0.4, -0.2) is 164 Å².